The van der Waals surface area contributed by atoms with Crippen LogP contribution in [-0.4, -0.2) is 27.9 Å². The van der Waals surface area contributed by atoms with E-state index in [0.29, 0.717) is 19.4 Å². The second-order valence-electron chi connectivity index (χ2n) is 4.86. The Morgan fingerprint density at radius 2 is 2.16 bits per heavy atom. The van der Waals surface area contributed by atoms with Crippen molar-refractivity contribution in [2.45, 2.75) is 30.8 Å². The summed E-state index contributed by atoms with van der Waals surface area (Å²) < 4.78 is 0. The zero-order chi connectivity index (χ0) is 13.6. The molecule has 0 aliphatic carbocycles. The number of fused-ring (bicyclic) bond motifs is 1. The molecule has 0 spiro atoms. The highest BCUT2D eigenvalue weighted by molar-refractivity contribution is 7.80. The topological polar surface area (TPSA) is 69.6 Å². The largest absolute Gasteiger partial charge is 0.508 e. The Morgan fingerprint density at radius 1 is 1.37 bits per heavy atom. The molecule has 100 valence electrons. The number of imide groups is 1. The standard InChI is InChI=1S/C13H14N2O3S/c16-9-3-1-2-7-6-15(13(19)11(7)9)8-4-5-10(17)14-12(8)18/h1-3,8,13,16,19H,4-6H2,(H,14,17,18). The minimum Gasteiger partial charge on any atom is -0.508 e. The van der Waals surface area contributed by atoms with Crippen molar-refractivity contribution < 1.29 is 14.7 Å². The highest BCUT2D eigenvalue weighted by Gasteiger charge is 2.39. The molecule has 1 saturated heterocycles. The van der Waals surface area contributed by atoms with Crippen molar-refractivity contribution in [1.29, 1.82) is 0 Å². The van der Waals surface area contributed by atoms with Gasteiger partial charge in [0.25, 0.3) is 0 Å². The van der Waals surface area contributed by atoms with Gasteiger partial charge in [0.05, 0.1) is 11.4 Å². The summed E-state index contributed by atoms with van der Waals surface area (Å²) in [5.74, 6) is -0.300. The average Bonchev–Trinajstić information content (AvgIpc) is 2.68. The third-order valence-electron chi connectivity index (χ3n) is 3.71. The van der Waals surface area contributed by atoms with Crippen LogP contribution in [0.15, 0.2) is 18.2 Å². The van der Waals surface area contributed by atoms with E-state index in [4.69, 9.17) is 0 Å². The minimum absolute atomic E-state index is 0.201. The van der Waals surface area contributed by atoms with E-state index >= 15 is 0 Å². The van der Waals surface area contributed by atoms with E-state index < -0.39 is 0 Å². The van der Waals surface area contributed by atoms with Gasteiger partial charge >= 0.3 is 0 Å². The smallest absolute Gasteiger partial charge is 0.243 e. The summed E-state index contributed by atoms with van der Waals surface area (Å²) in [7, 11) is 0. The fourth-order valence-corrected chi connectivity index (χ4v) is 3.30. The molecule has 2 unspecified atom stereocenters. The van der Waals surface area contributed by atoms with Gasteiger partial charge in [0.15, 0.2) is 0 Å². The fraction of sp³-hybridized carbons (Fsp3) is 0.385. The zero-order valence-corrected chi connectivity index (χ0v) is 11.1. The molecule has 1 aromatic carbocycles. The van der Waals surface area contributed by atoms with Gasteiger partial charge in [0.1, 0.15) is 5.75 Å². The number of benzene rings is 1. The highest BCUT2D eigenvalue weighted by atomic mass is 32.1. The molecule has 0 aromatic heterocycles. The van der Waals surface area contributed by atoms with Gasteiger partial charge in [-0.1, -0.05) is 12.1 Å². The molecule has 1 fully saturated rings. The van der Waals surface area contributed by atoms with Gasteiger partial charge < -0.3 is 5.11 Å². The number of piperidine rings is 1. The van der Waals surface area contributed by atoms with Gasteiger partial charge in [-0.25, -0.2) is 0 Å². The maximum atomic E-state index is 11.9. The van der Waals surface area contributed by atoms with Crippen molar-refractivity contribution in [3.8, 4) is 5.75 Å². The lowest BCUT2D eigenvalue weighted by atomic mass is 10.0. The van der Waals surface area contributed by atoms with Gasteiger partial charge in [-0.3, -0.25) is 19.8 Å². The number of thiol groups is 1. The van der Waals surface area contributed by atoms with Crippen LogP contribution < -0.4 is 5.32 Å². The van der Waals surface area contributed by atoms with Gasteiger partial charge in [-0.2, -0.15) is 12.6 Å². The van der Waals surface area contributed by atoms with Crippen LogP contribution in [0.3, 0.4) is 0 Å². The van der Waals surface area contributed by atoms with E-state index in [-0.39, 0.29) is 29.0 Å². The van der Waals surface area contributed by atoms with Crippen LogP contribution in [0.4, 0.5) is 0 Å². The van der Waals surface area contributed by atoms with Gasteiger partial charge in [-0.05, 0) is 18.1 Å². The Bertz CT molecular complexity index is 561. The monoisotopic (exact) mass is 278 g/mol. The molecule has 2 amide bonds. The first-order chi connectivity index (χ1) is 9.08. The minimum atomic E-state index is -0.369. The highest BCUT2D eigenvalue weighted by Crippen LogP contribution is 2.43. The second-order valence-corrected chi connectivity index (χ2v) is 5.35. The number of nitrogens with one attached hydrogen (secondary N) is 1. The van der Waals surface area contributed by atoms with Crippen molar-refractivity contribution in [2.24, 2.45) is 0 Å². The molecule has 2 aliphatic heterocycles. The van der Waals surface area contributed by atoms with Crippen LogP contribution in [0, 0.1) is 0 Å². The number of hydrogen-bond donors (Lipinski definition) is 3. The van der Waals surface area contributed by atoms with Gasteiger partial charge in [-0.15, -0.1) is 0 Å². The summed E-state index contributed by atoms with van der Waals surface area (Å²) in [6.45, 7) is 0.560. The molecule has 0 bridgehead atoms. The number of phenols is 1. The quantitative estimate of drug-likeness (QED) is 0.528. The molecule has 19 heavy (non-hydrogen) atoms. The summed E-state index contributed by atoms with van der Waals surface area (Å²) in [5, 5.41) is 11.9. The number of aromatic hydroxyl groups is 1. The van der Waals surface area contributed by atoms with E-state index in [0.717, 1.165) is 11.1 Å². The van der Waals surface area contributed by atoms with Crippen molar-refractivity contribution >= 4 is 24.4 Å². The van der Waals surface area contributed by atoms with Crippen molar-refractivity contribution in [3.05, 3.63) is 29.3 Å². The molecule has 6 heteroatoms. The molecule has 1 aromatic rings. The first-order valence-corrected chi connectivity index (χ1v) is 6.68. The molecular formula is C13H14N2O3S. The number of carbonyl (C=O) groups is 2. The molecule has 5 nitrogen and oxygen atoms in total. The molecule has 2 heterocycles. The number of hydrogen-bond acceptors (Lipinski definition) is 5. The number of rotatable bonds is 1. The molecule has 3 rings (SSSR count). The first kappa shape index (κ1) is 12.5. The third-order valence-corrected chi connectivity index (χ3v) is 4.26. The van der Waals surface area contributed by atoms with Crippen molar-refractivity contribution in [3.63, 3.8) is 0 Å². The van der Waals surface area contributed by atoms with Crippen LogP contribution in [0.5, 0.6) is 5.75 Å². The first-order valence-electron chi connectivity index (χ1n) is 6.16. The Balaban J connectivity index is 1.88. The van der Waals surface area contributed by atoms with Gasteiger partial charge in [0.2, 0.25) is 11.8 Å². The van der Waals surface area contributed by atoms with Crippen LogP contribution in [0.25, 0.3) is 0 Å². The molecule has 0 radical (unpaired) electrons. The van der Waals surface area contributed by atoms with E-state index in [2.05, 4.69) is 17.9 Å². The number of nitrogens with zero attached hydrogens (tertiary/aromatic N) is 1. The van der Waals surface area contributed by atoms with Crippen LogP contribution in [0.2, 0.25) is 0 Å². The Hall–Kier alpha value is -1.53. The number of phenolic OH excluding ortho intramolecular Hbond substituents is 1. The van der Waals surface area contributed by atoms with E-state index in [1.54, 1.807) is 12.1 Å². The van der Waals surface area contributed by atoms with Crippen LogP contribution in [-0.2, 0) is 16.1 Å². The third kappa shape index (κ3) is 2.01. The van der Waals surface area contributed by atoms with Gasteiger partial charge in [0, 0.05) is 18.5 Å². The van der Waals surface area contributed by atoms with E-state index in [1.807, 2.05) is 11.0 Å². The molecule has 2 aliphatic rings. The Kier molecular flexibility index (Phi) is 2.99. The SMILES string of the molecule is O=C1CCC(N2Cc3cccc(O)c3C2S)C(=O)N1. The van der Waals surface area contributed by atoms with Crippen LogP contribution >= 0.6 is 12.6 Å². The molecule has 2 atom stereocenters. The van der Waals surface area contributed by atoms with Crippen LogP contribution in [0.1, 0.15) is 29.3 Å². The van der Waals surface area contributed by atoms with Crippen molar-refractivity contribution in [1.82, 2.24) is 10.2 Å². The summed E-state index contributed by atoms with van der Waals surface area (Å²) in [6, 6.07) is 4.95. The normalized spacial score (nSPS) is 27.2. The lowest BCUT2D eigenvalue weighted by Gasteiger charge is -2.32. The Labute approximate surface area is 116 Å². The van der Waals surface area contributed by atoms with Crippen molar-refractivity contribution in [2.75, 3.05) is 0 Å². The predicted molar refractivity (Wildman–Crippen MR) is 71.5 cm³/mol. The fourth-order valence-electron chi connectivity index (χ4n) is 2.76. The molecule has 2 N–H and O–H groups in total. The van der Waals surface area contributed by atoms with E-state index in [1.165, 1.54) is 0 Å². The zero-order valence-electron chi connectivity index (χ0n) is 10.2. The summed E-state index contributed by atoms with van der Waals surface area (Å²) >= 11 is 4.51. The summed E-state index contributed by atoms with van der Waals surface area (Å²) in [5.41, 5.74) is 1.74. The lowest BCUT2D eigenvalue weighted by Crippen LogP contribution is -2.51. The maximum absolute atomic E-state index is 11.9. The number of carbonyl (C=O) groups excluding carboxylic acids is 2. The van der Waals surface area contributed by atoms with E-state index in [9.17, 15) is 14.7 Å². The number of amides is 2. The Morgan fingerprint density at radius 3 is 2.84 bits per heavy atom. The second kappa shape index (κ2) is 4.54. The summed E-state index contributed by atoms with van der Waals surface area (Å²) in [4.78, 5) is 25.0. The summed E-state index contributed by atoms with van der Waals surface area (Å²) in [6.07, 6.45) is 0.839. The maximum Gasteiger partial charge on any atom is 0.243 e. The lowest BCUT2D eigenvalue weighted by molar-refractivity contribution is -0.137. The molecule has 0 saturated carbocycles. The average molecular weight is 278 g/mol. The molecular weight excluding hydrogens is 264 g/mol. The predicted octanol–water partition coefficient (Wildman–Crippen LogP) is 0.941.